The second-order valence-corrected chi connectivity index (χ2v) is 6.75. The number of likely N-dealkylation sites (tertiary alicyclic amines) is 1. The minimum Gasteiger partial charge on any atom is -0.306 e. The summed E-state index contributed by atoms with van der Waals surface area (Å²) in [5.74, 6) is 1.85. The summed E-state index contributed by atoms with van der Waals surface area (Å²) in [4.78, 5) is 2.41. The van der Waals surface area contributed by atoms with Crippen LogP contribution in [0.4, 0.5) is 0 Å². The zero-order valence-electron chi connectivity index (χ0n) is 11.3. The number of hydrogen-bond donors (Lipinski definition) is 1. The fourth-order valence-electron chi connectivity index (χ4n) is 2.83. The highest BCUT2D eigenvalue weighted by Crippen LogP contribution is 2.40. The van der Waals surface area contributed by atoms with Crippen LogP contribution < -0.4 is 0 Å². The van der Waals surface area contributed by atoms with Crippen LogP contribution in [0.2, 0.25) is 0 Å². The van der Waals surface area contributed by atoms with Crippen molar-refractivity contribution < 1.29 is 0 Å². The Bertz CT molecular complexity index is 477. The van der Waals surface area contributed by atoms with Gasteiger partial charge in [0.25, 0.3) is 0 Å². The molecule has 0 bridgehead atoms. The van der Waals surface area contributed by atoms with E-state index in [4.69, 9.17) is 12.2 Å². The van der Waals surface area contributed by atoms with Gasteiger partial charge in [0.15, 0.2) is 4.77 Å². The number of H-pyrrole nitrogens is 1. The van der Waals surface area contributed by atoms with Crippen LogP contribution in [0.1, 0.15) is 44.3 Å². The Balaban J connectivity index is 1.79. The zero-order chi connectivity index (χ0) is 12.8. The van der Waals surface area contributed by atoms with Gasteiger partial charge in [-0.3, -0.25) is 5.10 Å². The van der Waals surface area contributed by atoms with Crippen molar-refractivity contribution in [3.05, 3.63) is 10.6 Å². The standard InChI is InChI=1S/C13H22N4S/c1-13(5-7-16(2)8-6-13)9-17-11(10-3-4-10)14-15-12(17)18/h10H,3-9H2,1-2H3,(H,15,18). The molecule has 1 aliphatic carbocycles. The van der Waals surface area contributed by atoms with E-state index in [9.17, 15) is 0 Å². The van der Waals surface area contributed by atoms with E-state index in [1.54, 1.807) is 0 Å². The lowest BCUT2D eigenvalue weighted by Crippen LogP contribution is -2.38. The van der Waals surface area contributed by atoms with Gasteiger partial charge < -0.3 is 9.47 Å². The average molecular weight is 266 g/mol. The van der Waals surface area contributed by atoms with E-state index in [0.717, 1.165) is 11.3 Å². The van der Waals surface area contributed by atoms with Crippen molar-refractivity contribution in [3.8, 4) is 0 Å². The summed E-state index contributed by atoms with van der Waals surface area (Å²) in [6, 6.07) is 0. The molecule has 0 radical (unpaired) electrons. The molecule has 1 N–H and O–H groups in total. The molecule has 0 spiro atoms. The van der Waals surface area contributed by atoms with Gasteiger partial charge in [-0.1, -0.05) is 6.92 Å². The maximum absolute atomic E-state index is 5.40. The molecule has 2 heterocycles. The van der Waals surface area contributed by atoms with Crippen LogP contribution in [0.5, 0.6) is 0 Å². The number of piperidine rings is 1. The second kappa shape index (κ2) is 4.46. The Morgan fingerprint density at radius 1 is 1.39 bits per heavy atom. The maximum Gasteiger partial charge on any atom is 0.195 e. The first-order chi connectivity index (χ1) is 8.57. The molecule has 0 atom stereocenters. The largest absolute Gasteiger partial charge is 0.306 e. The first-order valence-electron chi connectivity index (χ1n) is 6.91. The molecule has 0 unspecified atom stereocenters. The molecule has 18 heavy (non-hydrogen) atoms. The molecule has 1 saturated carbocycles. The fourth-order valence-corrected chi connectivity index (χ4v) is 3.04. The monoisotopic (exact) mass is 266 g/mol. The lowest BCUT2D eigenvalue weighted by Gasteiger charge is -2.38. The van der Waals surface area contributed by atoms with Crippen LogP contribution >= 0.6 is 12.2 Å². The lowest BCUT2D eigenvalue weighted by molar-refractivity contribution is 0.119. The first kappa shape index (κ1) is 12.4. The van der Waals surface area contributed by atoms with Gasteiger partial charge in [0, 0.05) is 12.5 Å². The predicted molar refractivity (Wildman–Crippen MR) is 74.2 cm³/mol. The lowest BCUT2D eigenvalue weighted by atomic mass is 9.80. The van der Waals surface area contributed by atoms with Crippen molar-refractivity contribution in [2.24, 2.45) is 5.41 Å². The van der Waals surface area contributed by atoms with Gasteiger partial charge in [0.1, 0.15) is 5.82 Å². The topological polar surface area (TPSA) is 36.9 Å². The Morgan fingerprint density at radius 2 is 2.06 bits per heavy atom. The minimum absolute atomic E-state index is 0.373. The normalized spacial score (nSPS) is 24.3. The van der Waals surface area contributed by atoms with Crippen molar-refractivity contribution in [2.45, 2.75) is 45.1 Å². The first-order valence-corrected chi connectivity index (χ1v) is 7.32. The summed E-state index contributed by atoms with van der Waals surface area (Å²) >= 11 is 5.40. The highest BCUT2D eigenvalue weighted by Gasteiger charge is 2.34. The zero-order valence-corrected chi connectivity index (χ0v) is 12.1. The SMILES string of the molecule is CN1CCC(C)(Cn2c(C3CC3)n[nH]c2=S)CC1. The highest BCUT2D eigenvalue weighted by molar-refractivity contribution is 7.71. The van der Waals surface area contributed by atoms with Gasteiger partial charge >= 0.3 is 0 Å². The number of aromatic nitrogens is 3. The second-order valence-electron chi connectivity index (χ2n) is 6.36. The van der Waals surface area contributed by atoms with E-state index in [-0.39, 0.29) is 0 Å². The predicted octanol–water partition coefficient (Wildman–Crippen LogP) is 2.55. The van der Waals surface area contributed by atoms with E-state index in [2.05, 4.69) is 33.6 Å². The quantitative estimate of drug-likeness (QED) is 0.854. The van der Waals surface area contributed by atoms with Crippen LogP contribution in [0.3, 0.4) is 0 Å². The molecule has 100 valence electrons. The van der Waals surface area contributed by atoms with Crippen molar-refractivity contribution in [2.75, 3.05) is 20.1 Å². The van der Waals surface area contributed by atoms with Crippen molar-refractivity contribution >= 4 is 12.2 Å². The van der Waals surface area contributed by atoms with Gasteiger partial charge in [-0.15, -0.1) is 0 Å². The van der Waals surface area contributed by atoms with Gasteiger partial charge in [0.2, 0.25) is 0 Å². The molecular formula is C13H22N4S. The molecule has 0 amide bonds. The molecule has 1 aromatic rings. The molecule has 1 aromatic heterocycles. The molecule has 0 aromatic carbocycles. The summed E-state index contributed by atoms with van der Waals surface area (Å²) in [5.41, 5.74) is 0.373. The van der Waals surface area contributed by atoms with Crippen LogP contribution in [-0.2, 0) is 6.54 Å². The van der Waals surface area contributed by atoms with Gasteiger partial charge in [-0.25, -0.2) is 0 Å². The molecule has 2 fully saturated rings. The number of nitrogens with zero attached hydrogens (tertiary/aromatic N) is 3. The molecule has 1 saturated heterocycles. The van der Waals surface area contributed by atoms with Crippen LogP contribution in [0.25, 0.3) is 0 Å². The summed E-state index contributed by atoms with van der Waals surface area (Å²) in [6.07, 6.45) is 5.05. The molecule has 3 rings (SSSR count). The van der Waals surface area contributed by atoms with Crippen molar-refractivity contribution in [3.63, 3.8) is 0 Å². The third-order valence-electron chi connectivity index (χ3n) is 4.46. The minimum atomic E-state index is 0.373. The summed E-state index contributed by atoms with van der Waals surface area (Å²) in [7, 11) is 2.21. The highest BCUT2D eigenvalue weighted by atomic mass is 32.1. The summed E-state index contributed by atoms with van der Waals surface area (Å²) < 4.78 is 3.07. The van der Waals surface area contributed by atoms with E-state index >= 15 is 0 Å². The van der Waals surface area contributed by atoms with Crippen LogP contribution in [0, 0.1) is 10.2 Å². The summed E-state index contributed by atoms with van der Waals surface area (Å²) in [6.45, 7) is 5.81. The fraction of sp³-hybridized carbons (Fsp3) is 0.846. The number of nitrogens with one attached hydrogen (secondary N) is 1. The third kappa shape index (κ3) is 2.38. The van der Waals surface area contributed by atoms with Crippen molar-refractivity contribution in [1.82, 2.24) is 19.7 Å². The van der Waals surface area contributed by atoms with E-state index < -0.39 is 0 Å². The molecule has 4 nitrogen and oxygen atoms in total. The average Bonchev–Trinajstić information content (AvgIpc) is 3.12. The number of rotatable bonds is 3. The van der Waals surface area contributed by atoms with Crippen molar-refractivity contribution in [1.29, 1.82) is 0 Å². The Kier molecular flexibility index (Phi) is 3.06. The Morgan fingerprint density at radius 3 is 2.67 bits per heavy atom. The third-order valence-corrected chi connectivity index (χ3v) is 4.78. The van der Waals surface area contributed by atoms with Crippen LogP contribution in [-0.4, -0.2) is 39.8 Å². The Labute approximate surface area is 113 Å². The molecular weight excluding hydrogens is 244 g/mol. The van der Waals surface area contributed by atoms with Gasteiger partial charge in [-0.2, -0.15) is 5.10 Å². The number of aromatic amines is 1. The maximum atomic E-state index is 5.40. The van der Waals surface area contributed by atoms with E-state index in [0.29, 0.717) is 11.3 Å². The smallest absolute Gasteiger partial charge is 0.195 e. The van der Waals surface area contributed by atoms with E-state index in [1.165, 1.54) is 44.6 Å². The molecule has 5 heteroatoms. The van der Waals surface area contributed by atoms with E-state index in [1.807, 2.05) is 0 Å². The van der Waals surface area contributed by atoms with Crippen LogP contribution in [0.15, 0.2) is 0 Å². The Hall–Kier alpha value is -0.680. The van der Waals surface area contributed by atoms with Gasteiger partial charge in [0.05, 0.1) is 0 Å². The molecule has 1 aliphatic heterocycles. The molecule has 2 aliphatic rings. The number of hydrogen-bond acceptors (Lipinski definition) is 3. The van der Waals surface area contributed by atoms with Gasteiger partial charge in [-0.05, 0) is 63.5 Å². The summed E-state index contributed by atoms with van der Waals surface area (Å²) in [5, 5.41) is 7.40.